The van der Waals surface area contributed by atoms with Crippen LogP contribution in [0, 0.1) is 0 Å². The largest absolute Gasteiger partial charge is 0.493 e. The summed E-state index contributed by atoms with van der Waals surface area (Å²) < 4.78 is 8.00. The van der Waals surface area contributed by atoms with Crippen LogP contribution in [0.2, 0.25) is 0 Å². The first kappa shape index (κ1) is 25.3. The zero-order valence-corrected chi connectivity index (χ0v) is 24.8. The second-order valence-electron chi connectivity index (χ2n) is 12.0. The maximum atomic E-state index is 5.79. The predicted octanol–water partition coefficient (Wildman–Crippen LogP) is 9.67. The summed E-state index contributed by atoms with van der Waals surface area (Å²) in [6, 6.07) is 44.7. The van der Waals surface area contributed by atoms with Crippen LogP contribution >= 0.6 is 0 Å². The summed E-state index contributed by atoms with van der Waals surface area (Å²) >= 11 is 0. The third-order valence-electron chi connectivity index (χ3n) is 9.30. The van der Waals surface area contributed by atoms with Crippen LogP contribution in [0.25, 0.3) is 82.9 Å². The summed E-state index contributed by atoms with van der Waals surface area (Å²) in [6.45, 7) is 0.725. The van der Waals surface area contributed by atoms with Crippen molar-refractivity contribution in [1.82, 2.24) is 19.4 Å². The lowest BCUT2D eigenvalue weighted by Gasteiger charge is -2.13. The monoisotopic (exact) mass is 590 g/mol. The molecule has 4 heterocycles. The van der Waals surface area contributed by atoms with E-state index in [4.69, 9.17) is 19.7 Å². The normalized spacial score (nSPS) is 12.8. The molecule has 0 amide bonds. The Balaban J connectivity index is 1.28. The molecule has 6 aromatic carbocycles. The Kier molecular flexibility index (Phi) is 5.34. The quantitative estimate of drug-likeness (QED) is 0.192. The number of ether oxygens (including phenoxy) is 1. The molecule has 10 rings (SSSR count). The minimum Gasteiger partial charge on any atom is -0.493 e. The van der Waals surface area contributed by atoms with Crippen molar-refractivity contribution >= 4 is 49.0 Å². The van der Waals surface area contributed by atoms with Gasteiger partial charge >= 0.3 is 0 Å². The van der Waals surface area contributed by atoms with Crippen LogP contribution in [0.1, 0.15) is 5.56 Å². The zero-order chi connectivity index (χ0) is 30.2. The van der Waals surface area contributed by atoms with E-state index in [-0.39, 0.29) is 0 Å². The molecule has 0 atom stereocenters. The number of nitrogens with zero attached hydrogens (tertiary/aromatic N) is 4. The average molecular weight is 591 g/mol. The van der Waals surface area contributed by atoms with E-state index in [1.807, 2.05) is 12.1 Å². The van der Waals surface area contributed by atoms with E-state index in [1.54, 1.807) is 0 Å². The van der Waals surface area contributed by atoms with Crippen LogP contribution in [0.15, 0.2) is 134 Å². The maximum absolute atomic E-state index is 5.79. The molecule has 1 aliphatic heterocycles. The van der Waals surface area contributed by atoms with Gasteiger partial charge in [0, 0.05) is 40.1 Å². The van der Waals surface area contributed by atoms with E-state index < -0.39 is 0 Å². The molecule has 0 spiro atoms. The van der Waals surface area contributed by atoms with Gasteiger partial charge in [-0.05, 0) is 69.6 Å². The third-order valence-corrected chi connectivity index (χ3v) is 9.30. The van der Waals surface area contributed by atoms with Crippen LogP contribution in [0.3, 0.4) is 0 Å². The standard InChI is InChI=1S/C41H26N4O/c1-2-9-26(10-3-1)34-24-35(27-15-18-36-28(22-27)19-21-46-36)43-41(42-34)29-14-16-31-33(23-29)38-30-11-5-4-8-25(30)13-17-32(38)39-40(31)45-20-7-6-12-37(45)44-39/h1-18,20,22-24H,19,21H2. The molecule has 0 fully saturated rings. The lowest BCUT2D eigenvalue weighted by atomic mass is 9.93. The van der Waals surface area contributed by atoms with Crippen molar-refractivity contribution in [2.75, 3.05) is 6.61 Å². The molecule has 5 heteroatoms. The summed E-state index contributed by atoms with van der Waals surface area (Å²) in [7, 11) is 0. The number of hydrogen-bond donors (Lipinski definition) is 0. The molecule has 3 aromatic heterocycles. The SMILES string of the molecule is c1ccc(-c2cc(-c3ccc4c(c3)CCO4)nc(-c3ccc4c(c3)c3c5ccccc5ccc3c3nc5ccccn5c43)n2)cc1. The summed E-state index contributed by atoms with van der Waals surface area (Å²) in [5, 5.41) is 7.06. The topological polar surface area (TPSA) is 52.3 Å². The third kappa shape index (κ3) is 3.78. The molecule has 216 valence electrons. The van der Waals surface area contributed by atoms with Gasteiger partial charge in [-0.3, -0.25) is 4.40 Å². The molecule has 0 saturated heterocycles. The molecular formula is C41H26N4O. The zero-order valence-electron chi connectivity index (χ0n) is 24.8. The number of rotatable bonds is 3. The van der Waals surface area contributed by atoms with Crippen LogP contribution in [-0.2, 0) is 6.42 Å². The van der Waals surface area contributed by atoms with Gasteiger partial charge in [0.15, 0.2) is 5.82 Å². The lowest BCUT2D eigenvalue weighted by Crippen LogP contribution is -1.96. The molecule has 0 unspecified atom stereocenters. The van der Waals surface area contributed by atoms with Crippen LogP contribution in [0.4, 0.5) is 0 Å². The summed E-state index contributed by atoms with van der Waals surface area (Å²) in [5.74, 6) is 1.66. The molecule has 0 aliphatic carbocycles. The number of benzene rings is 6. The molecule has 0 bridgehead atoms. The van der Waals surface area contributed by atoms with E-state index >= 15 is 0 Å². The molecular weight excluding hydrogens is 564 g/mol. The predicted molar refractivity (Wildman–Crippen MR) is 186 cm³/mol. The Bertz CT molecular complexity index is 2680. The van der Waals surface area contributed by atoms with Gasteiger partial charge in [-0.1, -0.05) is 84.9 Å². The van der Waals surface area contributed by atoms with E-state index in [0.717, 1.165) is 79.7 Å². The first-order chi connectivity index (χ1) is 22.8. The van der Waals surface area contributed by atoms with E-state index in [0.29, 0.717) is 5.82 Å². The fraction of sp³-hybridized carbons (Fsp3) is 0.0488. The molecule has 1 aliphatic rings. The van der Waals surface area contributed by atoms with Crippen molar-refractivity contribution in [2.24, 2.45) is 0 Å². The fourth-order valence-electron chi connectivity index (χ4n) is 7.12. The van der Waals surface area contributed by atoms with Gasteiger partial charge < -0.3 is 4.74 Å². The first-order valence-corrected chi connectivity index (χ1v) is 15.6. The average Bonchev–Trinajstić information content (AvgIpc) is 3.76. The highest BCUT2D eigenvalue weighted by Gasteiger charge is 2.19. The Morgan fingerprint density at radius 2 is 1.37 bits per heavy atom. The number of hydrogen-bond acceptors (Lipinski definition) is 4. The van der Waals surface area contributed by atoms with Crippen molar-refractivity contribution in [3.05, 3.63) is 139 Å². The fourth-order valence-corrected chi connectivity index (χ4v) is 7.12. The van der Waals surface area contributed by atoms with Crippen LogP contribution in [0.5, 0.6) is 5.75 Å². The Labute approximate surface area is 264 Å². The van der Waals surface area contributed by atoms with Gasteiger partial charge in [-0.15, -0.1) is 0 Å². The van der Waals surface area contributed by atoms with Crippen molar-refractivity contribution in [3.63, 3.8) is 0 Å². The van der Waals surface area contributed by atoms with E-state index in [2.05, 4.69) is 126 Å². The van der Waals surface area contributed by atoms with Gasteiger partial charge in [0.1, 0.15) is 11.4 Å². The molecule has 0 radical (unpaired) electrons. The van der Waals surface area contributed by atoms with Gasteiger partial charge in [0.25, 0.3) is 0 Å². The second-order valence-corrected chi connectivity index (χ2v) is 12.0. The van der Waals surface area contributed by atoms with Crippen molar-refractivity contribution in [1.29, 1.82) is 0 Å². The Morgan fingerprint density at radius 3 is 2.30 bits per heavy atom. The summed E-state index contributed by atoms with van der Waals surface area (Å²) in [5.41, 5.74) is 9.16. The van der Waals surface area contributed by atoms with Gasteiger partial charge in [-0.2, -0.15) is 0 Å². The molecule has 9 aromatic rings. The van der Waals surface area contributed by atoms with Gasteiger partial charge in [0.2, 0.25) is 0 Å². The van der Waals surface area contributed by atoms with E-state index in [1.165, 1.54) is 21.7 Å². The van der Waals surface area contributed by atoms with Crippen molar-refractivity contribution in [2.45, 2.75) is 6.42 Å². The highest BCUT2D eigenvalue weighted by molar-refractivity contribution is 6.30. The summed E-state index contributed by atoms with van der Waals surface area (Å²) in [4.78, 5) is 15.5. The minimum absolute atomic E-state index is 0.696. The van der Waals surface area contributed by atoms with E-state index in [9.17, 15) is 0 Å². The van der Waals surface area contributed by atoms with Crippen LogP contribution in [-0.4, -0.2) is 26.0 Å². The molecule has 0 saturated carbocycles. The smallest absolute Gasteiger partial charge is 0.160 e. The van der Waals surface area contributed by atoms with Crippen molar-refractivity contribution < 1.29 is 4.74 Å². The summed E-state index contributed by atoms with van der Waals surface area (Å²) in [6.07, 6.45) is 3.02. The maximum Gasteiger partial charge on any atom is 0.160 e. The van der Waals surface area contributed by atoms with Crippen molar-refractivity contribution in [3.8, 4) is 39.7 Å². The number of fused-ring (bicyclic) bond motifs is 11. The number of aromatic nitrogens is 4. The Morgan fingerprint density at radius 1 is 0.565 bits per heavy atom. The first-order valence-electron chi connectivity index (χ1n) is 15.6. The van der Waals surface area contributed by atoms with Gasteiger partial charge in [-0.25, -0.2) is 15.0 Å². The highest BCUT2D eigenvalue weighted by atomic mass is 16.5. The van der Waals surface area contributed by atoms with Gasteiger partial charge in [0.05, 0.1) is 29.0 Å². The van der Waals surface area contributed by atoms with Crippen LogP contribution < -0.4 is 4.74 Å². The minimum atomic E-state index is 0.696. The molecule has 0 N–H and O–H groups in total. The molecule has 46 heavy (non-hydrogen) atoms. The number of pyridine rings is 1. The number of imidazole rings is 1. The second kappa shape index (κ2) is 9.71. The molecule has 5 nitrogen and oxygen atoms in total. The highest BCUT2D eigenvalue weighted by Crippen LogP contribution is 2.41. The lowest BCUT2D eigenvalue weighted by molar-refractivity contribution is 0.357. The Hall–Kier alpha value is -6.07.